The molecule has 2 amide bonds. The number of carbonyl (C=O) groups excluding carboxylic acids is 2. The second kappa shape index (κ2) is 6.23. The maximum absolute atomic E-state index is 12.4. The lowest BCUT2D eigenvalue weighted by molar-refractivity contribution is -0.125. The highest BCUT2D eigenvalue weighted by Gasteiger charge is 2.29. The highest BCUT2D eigenvalue weighted by molar-refractivity contribution is 6.05. The minimum atomic E-state index is -0.514. The van der Waals surface area contributed by atoms with Crippen LogP contribution in [-0.4, -0.2) is 32.1 Å². The van der Waals surface area contributed by atoms with Crippen molar-refractivity contribution in [3.8, 4) is 11.5 Å². The lowest BCUT2D eigenvalue weighted by Crippen LogP contribution is -2.41. The van der Waals surface area contributed by atoms with E-state index in [9.17, 15) is 9.59 Å². The van der Waals surface area contributed by atoms with Crippen molar-refractivity contribution < 1.29 is 19.1 Å². The van der Waals surface area contributed by atoms with Gasteiger partial charge in [-0.1, -0.05) is 6.07 Å². The summed E-state index contributed by atoms with van der Waals surface area (Å²) in [5.41, 5.74) is 1.70. The molecule has 2 aromatic rings. The van der Waals surface area contributed by atoms with Gasteiger partial charge in [0.25, 0.3) is 11.8 Å². The first-order valence-electron chi connectivity index (χ1n) is 7.53. The van der Waals surface area contributed by atoms with Gasteiger partial charge in [-0.2, -0.15) is 0 Å². The third kappa shape index (κ3) is 2.90. The number of ether oxygens (including phenoxy) is 2. The van der Waals surface area contributed by atoms with E-state index in [1.54, 1.807) is 63.5 Å². The van der Waals surface area contributed by atoms with Crippen LogP contribution in [0.4, 0.5) is 11.4 Å². The predicted octanol–water partition coefficient (Wildman–Crippen LogP) is 2.69. The van der Waals surface area contributed by atoms with E-state index in [1.807, 2.05) is 0 Å². The van der Waals surface area contributed by atoms with E-state index < -0.39 is 6.10 Å². The van der Waals surface area contributed by atoms with Crippen LogP contribution < -0.4 is 19.7 Å². The van der Waals surface area contributed by atoms with Crippen molar-refractivity contribution in [1.82, 2.24) is 0 Å². The second-order valence-electron chi connectivity index (χ2n) is 5.53. The molecule has 1 aliphatic heterocycles. The van der Waals surface area contributed by atoms with Crippen LogP contribution in [0, 0.1) is 0 Å². The Morgan fingerprint density at radius 1 is 1.25 bits per heavy atom. The van der Waals surface area contributed by atoms with Gasteiger partial charge in [-0.05, 0) is 43.3 Å². The van der Waals surface area contributed by atoms with Crippen molar-refractivity contribution >= 4 is 23.2 Å². The zero-order chi connectivity index (χ0) is 17.3. The number of nitrogens with zero attached hydrogens (tertiary/aromatic N) is 1. The fourth-order valence-corrected chi connectivity index (χ4v) is 2.56. The van der Waals surface area contributed by atoms with E-state index in [4.69, 9.17) is 9.47 Å². The van der Waals surface area contributed by atoms with Gasteiger partial charge in [0.05, 0.1) is 12.8 Å². The number of likely N-dealkylation sites (N-methyl/N-ethyl adjacent to an activating group) is 1. The zero-order valence-electron chi connectivity index (χ0n) is 13.7. The molecule has 1 atom stereocenters. The number of amides is 2. The molecule has 1 aliphatic rings. The summed E-state index contributed by atoms with van der Waals surface area (Å²) < 4.78 is 10.7. The van der Waals surface area contributed by atoms with Crippen LogP contribution in [0.5, 0.6) is 11.5 Å². The number of hydrogen-bond donors (Lipinski definition) is 1. The van der Waals surface area contributed by atoms with Gasteiger partial charge in [-0.3, -0.25) is 9.59 Å². The average Bonchev–Trinajstić information content (AvgIpc) is 2.60. The monoisotopic (exact) mass is 326 g/mol. The van der Waals surface area contributed by atoms with Gasteiger partial charge in [-0.15, -0.1) is 0 Å². The average molecular weight is 326 g/mol. The Kier molecular flexibility index (Phi) is 4.12. The fourth-order valence-electron chi connectivity index (χ4n) is 2.56. The van der Waals surface area contributed by atoms with E-state index in [0.29, 0.717) is 28.4 Å². The molecule has 24 heavy (non-hydrogen) atoms. The number of rotatable bonds is 3. The van der Waals surface area contributed by atoms with Gasteiger partial charge in [0, 0.05) is 18.3 Å². The lowest BCUT2D eigenvalue weighted by Gasteiger charge is -2.30. The minimum absolute atomic E-state index is 0.126. The van der Waals surface area contributed by atoms with Gasteiger partial charge in [0.15, 0.2) is 6.10 Å². The second-order valence-corrected chi connectivity index (χ2v) is 5.53. The molecule has 2 aromatic carbocycles. The van der Waals surface area contributed by atoms with Gasteiger partial charge in [0.2, 0.25) is 0 Å². The van der Waals surface area contributed by atoms with Gasteiger partial charge in [0.1, 0.15) is 11.5 Å². The first kappa shape index (κ1) is 15.9. The van der Waals surface area contributed by atoms with Crippen LogP contribution in [0.15, 0.2) is 42.5 Å². The standard InChI is InChI=1S/C18H18N2O4/c1-11-18(22)20(2)15-10-13(7-8-16(15)24-11)19-17(21)12-5-4-6-14(9-12)23-3/h4-11H,1-3H3,(H,19,21)/t11-/m0/s1. The maximum atomic E-state index is 12.4. The summed E-state index contributed by atoms with van der Waals surface area (Å²) in [5.74, 6) is 0.844. The number of benzene rings is 2. The van der Waals surface area contributed by atoms with Gasteiger partial charge in [-0.25, -0.2) is 0 Å². The Hall–Kier alpha value is -3.02. The lowest BCUT2D eigenvalue weighted by atomic mass is 10.1. The predicted molar refractivity (Wildman–Crippen MR) is 90.9 cm³/mol. The maximum Gasteiger partial charge on any atom is 0.267 e. The summed E-state index contributed by atoms with van der Waals surface area (Å²) in [6, 6.07) is 12.1. The number of carbonyl (C=O) groups is 2. The number of fused-ring (bicyclic) bond motifs is 1. The summed E-state index contributed by atoms with van der Waals surface area (Å²) in [7, 11) is 3.24. The topological polar surface area (TPSA) is 67.9 Å². The van der Waals surface area contributed by atoms with E-state index >= 15 is 0 Å². The quantitative estimate of drug-likeness (QED) is 0.941. The third-order valence-corrected chi connectivity index (χ3v) is 3.89. The van der Waals surface area contributed by atoms with E-state index in [-0.39, 0.29) is 11.8 Å². The smallest absolute Gasteiger partial charge is 0.267 e. The van der Waals surface area contributed by atoms with Crippen molar-refractivity contribution in [1.29, 1.82) is 0 Å². The SMILES string of the molecule is COc1cccc(C(=O)Nc2ccc3c(c2)N(C)C(=O)[C@H](C)O3)c1. The van der Waals surface area contributed by atoms with E-state index in [2.05, 4.69) is 5.32 Å². The first-order chi connectivity index (χ1) is 11.5. The van der Waals surface area contributed by atoms with Crippen molar-refractivity contribution in [3.63, 3.8) is 0 Å². The highest BCUT2D eigenvalue weighted by Crippen LogP contribution is 2.35. The Bertz CT molecular complexity index is 803. The van der Waals surface area contributed by atoms with Crippen molar-refractivity contribution in [2.45, 2.75) is 13.0 Å². The Morgan fingerprint density at radius 3 is 2.79 bits per heavy atom. The number of anilines is 2. The number of nitrogens with one attached hydrogen (secondary N) is 1. The molecular weight excluding hydrogens is 308 g/mol. The third-order valence-electron chi connectivity index (χ3n) is 3.89. The van der Waals surface area contributed by atoms with Crippen molar-refractivity contribution in [2.75, 3.05) is 24.4 Å². The van der Waals surface area contributed by atoms with Crippen molar-refractivity contribution in [2.24, 2.45) is 0 Å². The summed E-state index contributed by atoms with van der Waals surface area (Å²) in [5, 5.41) is 2.82. The summed E-state index contributed by atoms with van der Waals surface area (Å²) in [6.07, 6.45) is -0.514. The minimum Gasteiger partial charge on any atom is -0.497 e. The summed E-state index contributed by atoms with van der Waals surface area (Å²) >= 11 is 0. The molecule has 3 rings (SSSR count). The molecule has 0 fully saturated rings. The zero-order valence-corrected chi connectivity index (χ0v) is 13.7. The molecule has 0 unspecified atom stereocenters. The van der Waals surface area contributed by atoms with E-state index in [1.165, 1.54) is 4.90 Å². The largest absolute Gasteiger partial charge is 0.497 e. The Morgan fingerprint density at radius 2 is 2.04 bits per heavy atom. The Balaban J connectivity index is 1.84. The molecule has 0 radical (unpaired) electrons. The molecule has 0 saturated carbocycles. The summed E-state index contributed by atoms with van der Waals surface area (Å²) in [6.45, 7) is 1.71. The Labute approximate surface area is 140 Å². The molecule has 124 valence electrons. The molecule has 0 aromatic heterocycles. The van der Waals surface area contributed by atoms with Gasteiger partial charge < -0.3 is 19.7 Å². The molecule has 0 bridgehead atoms. The van der Waals surface area contributed by atoms with Crippen LogP contribution >= 0.6 is 0 Å². The van der Waals surface area contributed by atoms with Crippen LogP contribution in [0.25, 0.3) is 0 Å². The number of methoxy groups -OCH3 is 1. The molecule has 1 N–H and O–H groups in total. The molecule has 6 heteroatoms. The molecule has 1 heterocycles. The van der Waals surface area contributed by atoms with Crippen LogP contribution in [0.2, 0.25) is 0 Å². The van der Waals surface area contributed by atoms with E-state index in [0.717, 1.165) is 0 Å². The molecule has 0 aliphatic carbocycles. The molecule has 0 saturated heterocycles. The molecule has 6 nitrogen and oxygen atoms in total. The van der Waals surface area contributed by atoms with Gasteiger partial charge >= 0.3 is 0 Å². The molecular formula is C18H18N2O4. The van der Waals surface area contributed by atoms with Crippen molar-refractivity contribution in [3.05, 3.63) is 48.0 Å². The number of hydrogen-bond acceptors (Lipinski definition) is 4. The van der Waals surface area contributed by atoms with Crippen LogP contribution in [0.1, 0.15) is 17.3 Å². The highest BCUT2D eigenvalue weighted by atomic mass is 16.5. The first-order valence-corrected chi connectivity index (χ1v) is 7.53. The van der Waals surface area contributed by atoms with Crippen LogP contribution in [0.3, 0.4) is 0 Å². The summed E-state index contributed by atoms with van der Waals surface area (Å²) in [4.78, 5) is 25.9. The van der Waals surface area contributed by atoms with Crippen LogP contribution in [-0.2, 0) is 4.79 Å². The molecule has 0 spiro atoms. The normalized spacial score (nSPS) is 16.2. The fraction of sp³-hybridized carbons (Fsp3) is 0.222.